The van der Waals surface area contributed by atoms with Crippen LogP contribution in [0, 0.1) is 0 Å². The number of hydrogen-bond acceptors (Lipinski definition) is 4. The van der Waals surface area contributed by atoms with E-state index in [-0.39, 0.29) is 29.0 Å². The van der Waals surface area contributed by atoms with Crippen LogP contribution in [0.4, 0.5) is 0 Å². The third-order valence-corrected chi connectivity index (χ3v) is 5.92. The van der Waals surface area contributed by atoms with Gasteiger partial charge in [0, 0.05) is 30.6 Å². The van der Waals surface area contributed by atoms with E-state index in [2.05, 4.69) is 5.10 Å². The van der Waals surface area contributed by atoms with Crippen molar-refractivity contribution in [3.8, 4) is 0 Å². The molecule has 0 aliphatic carbocycles. The van der Waals surface area contributed by atoms with Gasteiger partial charge in [-0.3, -0.25) is 14.4 Å². The first kappa shape index (κ1) is 21.7. The molecule has 0 bridgehead atoms. The summed E-state index contributed by atoms with van der Waals surface area (Å²) in [5.41, 5.74) is 1.59. The fourth-order valence-corrected chi connectivity index (χ4v) is 4.19. The maximum Gasteiger partial charge on any atom is 0.274 e. The summed E-state index contributed by atoms with van der Waals surface area (Å²) in [4.78, 5) is 40.4. The fraction of sp³-hybridized carbons (Fsp3) is 0.308. The smallest absolute Gasteiger partial charge is 0.274 e. The average molecular weight is 430 g/mol. The van der Waals surface area contributed by atoms with Gasteiger partial charge in [-0.15, -0.1) is 0 Å². The maximum absolute atomic E-state index is 13.4. The molecule has 1 fully saturated rings. The zero-order chi connectivity index (χ0) is 22.3. The Kier molecular flexibility index (Phi) is 6.90. The molecule has 1 aliphatic heterocycles. The molecule has 0 N–H and O–H groups in total. The van der Waals surface area contributed by atoms with Gasteiger partial charge in [0.05, 0.1) is 6.54 Å². The third-order valence-electron chi connectivity index (χ3n) is 5.92. The van der Waals surface area contributed by atoms with E-state index in [1.54, 1.807) is 4.90 Å². The van der Waals surface area contributed by atoms with Crippen molar-refractivity contribution in [1.82, 2.24) is 14.7 Å². The summed E-state index contributed by atoms with van der Waals surface area (Å²) in [7, 11) is 0. The van der Waals surface area contributed by atoms with Crippen LogP contribution in [0.1, 0.15) is 58.5 Å². The lowest BCUT2D eigenvalue weighted by atomic mass is 9.99. The lowest BCUT2D eigenvalue weighted by Gasteiger charge is -2.29. The second-order valence-electron chi connectivity index (χ2n) is 8.20. The zero-order valence-corrected chi connectivity index (χ0v) is 18.0. The van der Waals surface area contributed by atoms with Gasteiger partial charge in [0.2, 0.25) is 0 Å². The van der Waals surface area contributed by atoms with E-state index in [1.807, 2.05) is 60.7 Å². The van der Waals surface area contributed by atoms with Crippen molar-refractivity contribution in [3.63, 3.8) is 0 Å². The van der Waals surface area contributed by atoms with Crippen LogP contribution in [-0.2, 0) is 6.54 Å². The second kappa shape index (κ2) is 10.2. The van der Waals surface area contributed by atoms with Crippen molar-refractivity contribution in [1.29, 1.82) is 0 Å². The average Bonchev–Trinajstić information content (AvgIpc) is 3.06. The van der Waals surface area contributed by atoms with Crippen LogP contribution in [0.25, 0.3) is 0 Å². The standard InChI is InChI=1S/C26H27N3O3/c30-24(21-12-6-2-7-13-21)18-22-14-8-3-9-17-28(22)26(32)23-15-16-25(31)29(27-23)19-20-10-4-1-5-11-20/h1-2,4-7,10-13,15-16,22H,3,8-9,14,17-19H2. The SMILES string of the molecule is O=C(CC1CCCCCN1C(=O)c1ccc(=O)n(Cc2ccccc2)n1)c1ccccc1. The van der Waals surface area contributed by atoms with Gasteiger partial charge in [-0.25, -0.2) is 4.68 Å². The Balaban J connectivity index is 1.56. The van der Waals surface area contributed by atoms with Crippen LogP contribution in [0.5, 0.6) is 0 Å². The van der Waals surface area contributed by atoms with E-state index in [4.69, 9.17) is 0 Å². The Hall–Kier alpha value is -3.54. The van der Waals surface area contributed by atoms with Crippen molar-refractivity contribution >= 4 is 11.7 Å². The minimum absolute atomic E-state index is 0.0392. The van der Waals surface area contributed by atoms with Crippen LogP contribution >= 0.6 is 0 Å². The van der Waals surface area contributed by atoms with Gasteiger partial charge in [-0.2, -0.15) is 5.10 Å². The molecule has 1 unspecified atom stereocenters. The Morgan fingerprint density at radius 2 is 1.59 bits per heavy atom. The van der Waals surface area contributed by atoms with Gasteiger partial charge in [0.25, 0.3) is 11.5 Å². The van der Waals surface area contributed by atoms with E-state index < -0.39 is 0 Å². The molecule has 6 nitrogen and oxygen atoms in total. The molecule has 2 heterocycles. The minimum Gasteiger partial charge on any atom is -0.334 e. The molecule has 3 aromatic rings. The number of likely N-dealkylation sites (tertiary alicyclic amines) is 1. The first-order valence-electron chi connectivity index (χ1n) is 11.1. The van der Waals surface area contributed by atoms with E-state index >= 15 is 0 Å². The molecule has 1 saturated heterocycles. The largest absolute Gasteiger partial charge is 0.334 e. The van der Waals surface area contributed by atoms with Crippen molar-refractivity contribution in [2.45, 2.75) is 44.7 Å². The number of carbonyl (C=O) groups is 2. The molecule has 1 aromatic heterocycles. The molecule has 1 amide bonds. The van der Waals surface area contributed by atoms with E-state index in [0.29, 0.717) is 25.1 Å². The summed E-state index contributed by atoms with van der Waals surface area (Å²) in [5, 5.41) is 4.37. The molecule has 0 radical (unpaired) electrons. The van der Waals surface area contributed by atoms with Gasteiger partial charge < -0.3 is 4.90 Å². The molecule has 0 spiro atoms. The van der Waals surface area contributed by atoms with Gasteiger partial charge in [-0.05, 0) is 24.5 Å². The Bertz CT molecular complexity index is 1130. The lowest BCUT2D eigenvalue weighted by molar-refractivity contribution is 0.0651. The van der Waals surface area contributed by atoms with E-state index in [9.17, 15) is 14.4 Å². The predicted octanol–water partition coefficient (Wildman–Crippen LogP) is 3.95. The Morgan fingerprint density at radius 1 is 0.875 bits per heavy atom. The number of benzene rings is 2. The van der Waals surface area contributed by atoms with Crippen LogP contribution in [0.15, 0.2) is 77.6 Å². The molecule has 4 rings (SSSR count). The summed E-state index contributed by atoms with van der Waals surface area (Å²) in [6, 6.07) is 21.5. The number of ketones is 1. The molecule has 6 heteroatoms. The van der Waals surface area contributed by atoms with Crippen LogP contribution < -0.4 is 5.56 Å². The minimum atomic E-state index is -0.253. The molecule has 0 saturated carbocycles. The first-order chi connectivity index (χ1) is 15.6. The molecule has 1 atom stereocenters. The third kappa shape index (κ3) is 5.19. The number of hydrogen-bond donors (Lipinski definition) is 0. The van der Waals surface area contributed by atoms with Crippen molar-refractivity contribution in [2.75, 3.05) is 6.54 Å². The van der Waals surface area contributed by atoms with Gasteiger partial charge >= 0.3 is 0 Å². The van der Waals surface area contributed by atoms with E-state index in [1.165, 1.54) is 16.8 Å². The van der Waals surface area contributed by atoms with Gasteiger partial charge in [-0.1, -0.05) is 73.5 Å². The second-order valence-corrected chi connectivity index (χ2v) is 8.20. The van der Waals surface area contributed by atoms with Crippen LogP contribution in [-0.4, -0.2) is 39.0 Å². The van der Waals surface area contributed by atoms with Crippen molar-refractivity contribution < 1.29 is 9.59 Å². The van der Waals surface area contributed by atoms with Gasteiger partial charge in [0.1, 0.15) is 5.69 Å². The summed E-state index contributed by atoms with van der Waals surface area (Å²) in [5.74, 6) is -0.183. The Morgan fingerprint density at radius 3 is 2.34 bits per heavy atom. The normalized spacial score (nSPS) is 16.4. The van der Waals surface area contributed by atoms with Crippen LogP contribution in [0.2, 0.25) is 0 Å². The summed E-state index contributed by atoms with van der Waals surface area (Å²) < 4.78 is 1.32. The highest BCUT2D eigenvalue weighted by Gasteiger charge is 2.29. The Labute approximate surface area is 187 Å². The summed E-state index contributed by atoms with van der Waals surface area (Å²) >= 11 is 0. The zero-order valence-electron chi connectivity index (χ0n) is 18.0. The topological polar surface area (TPSA) is 72.3 Å². The summed E-state index contributed by atoms with van der Waals surface area (Å²) in [6.07, 6.45) is 3.98. The van der Waals surface area contributed by atoms with Gasteiger partial charge in [0.15, 0.2) is 5.78 Å². The predicted molar refractivity (Wildman–Crippen MR) is 123 cm³/mol. The highest BCUT2D eigenvalue weighted by Crippen LogP contribution is 2.22. The maximum atomic E-state index is 13.4. The number of amides is 1. The number of carbonyl (C=O) groups excluding carboxylic acids is 2. The molecule has 1 aliphatic rings. The van der Waals surface area contributed by atoms with Crippen molar-refractivity contribution in [2.24, 2.45) is 0 Å². The molecule has 2 aromatic carbocycles. The molecule has 164 valence electrons. The number of aromatic nitrogens is 2. The fourth-order valence-electron chi connectivity index (χ4n) is 4.19. The van der Waals surface area contributed by atoms with Crippen molar-refractivity contribution in [3.05, 3.63) is 100.0 Å². The summed E-state index contributed by atoms with van der Waals surface area (Å²) in [6.45, 7) is 0.891. The monoisotopic (exact) mass is 429 g/mol. The molecular formula is C26H27N3O3. The quantitative estimate of drug-likeness (QED) is 0.556. The number of nitrogens with zero attached hydrogens (tertiary/aromatic N) is 3. The number of rotatable bonds is 6. The number of Topliss-reactive ketones (excluding diaryl/α,β-unsaturated/α-hetero) is 1. The highest BCUT2D eigenvalue weighted by molar-refractivity contribution is 5.97. The van der Waals surface area contributed by atoms with Crippen LogP contribution in [0.3, 0.4) is 0 Å². The highest BCUT2D eigenvalue weighted by atomic mass is 16.2. The first-order valence-corrected chi connectivity index (χ1v) is 11.1. The lowest BCUT2D eigenvalue weighted by Crippen LogP contribution is -2.42. The molecule has 32 heavy (non-hydrogen) atoms. The van der Waals surface area contributed by atoms with E-state index in [0.717, 1.165) is 31.2 Å². The molecular weight excluding hydrogens is 402 g/mol.